The normalized spacial score (nSPS) is 16.4. The fraction of sp³-hybridized carbons (Fsp3) is 0.0625. The molecule has 1 aromatic heterocycles. The molecular weight excluding hydrogens is 378 g/mol. The van der Waals surface area contributed by atoms with Crippen molar-refractivity contribution in [2.45, 2.75) is 6.04 Å². The third-order valence-corrected chi connectivity index (χ3v) is 4.47. The molecule has 2 aromatic carbocycles. The van der Waals surface area contributed by atoms with Crippen LogP contribution in [0.4, 0.5) is 5.95 Å². The molecule has 0 saturated carbocycles. The number of nitrogens with one attached hydrogen (secondary N) is 1. The lowest BCUT2D eigenvalue weighted by molar-refractivity contribution is 0.586. The number of anilines is 1. The van der Waals surface area contributed by atoms with Gasteiger partial charge in [-0.3, -0.25) is 0 Å². The maximum absolute atomic E-state index is 5.97. The monoisotopic (exact) mass is 387 g/mol. The summed E-state index contributed by atoms with van der Waals surface area (Å²) < 4.78 is 2.80. The van der Waals surface area contributed by atoms with Crippen LogP contribution in [0.2, 0.25) is 5.02 Å². The first kappa shape index (κ1) is 14.4. The lowest BCUT2D eigenvalue weighted by Crippen LogP contribution is -2.20. The predicted molar refractivity (Wildman–Crippen MR) is 93.1 cm³/mol. The molecule has 1 N–H and O–H groups in total. The van der Waals surface area contributed by atoms with Crippen LogP contribution in [-0.4, -0.2) is 20.2 Å². The second-order valence-electron chi connectivity index (χ2n) is 5.16. The third-order valence-electron chi connectivity index (χ3n) is 3.69. The first-order chi connectivity index (χ1) is 11.2. The summed E-state index contributed by atoms with van der Waals surface area (Å²) in [5.41, 5.74) is 3.09. The number of fused-ring (bicyclic) bond motifs is 1. The number of benzene rings is 2. The van der Waals surface area contributed by atoms with E-state index >= 15 is 0 Å². The lowest BCUT2D eigenvalue weighted by atomic mass is 10.0. The fourth-order valence-electron chi connectivity index (χ4n) is 2.55. The highest BCUT2D eigenvalue weighted by Gasteiger charge is 2.24. The molecule has 4 rings (SSSR count). The van der Waals surface area contributed by atoms with Crippen molar-refractivity contribution in [2.24, 2.45) is 0 Å². The van der Waals surface area contributed by atoms with E-state index in [4.69, 9.17) is 11.6 Å². The predicted octanol–water partition coefficient (Wildman–Crippen LogP) is 4.15. The molecule has 0 fully saturated rings. The van der Waals surface area contributed by atoms with Crippen LogP contribution in [0.1, 0.15) is 17.2 Å². The summed E-state index contributed by atoms with van der Waals surface area (Å²) in [4.78, 5) is 0. The Morgan fingerprint density at radius 2 is 1.78 bits per heavy atom. The summed E-state index contributed by atoms with van der Waals surface area (Å²) in [6.07, 6.45) is 2.11. The molecular formula is C16H11BrClN5. The molecule has 1 atom stereocenters. The van der Waals surface area contributed by atoms with Gasteiger partial charge in [0.05, 0.1) is 0 Å². The second-order valence-corrected chi connectivity index (χ2v) is 6.51. The van der Waals surface area contributed by atoms with Crippen molar-refractivity contribution in [1.82, 2.24) is 20.2 Å². The summed E-state index contributed by atoms with van der Waals surface area (Å²) >= 11 is 9.43. The van der Waals surface area contributed by atoms with E-state index in [1.54, 1.807) is 4.68 Å². The van der Waals surface area contributed by atoms with Crippen LogP contribution in [0.15, 0.2) is 59.1 Å². The Kier molecular flexibility index (Phi) is 3.63. The maximum Gasteiger partial charge on any atom is 0.248 e. The number of aromatic nitrogens is 4. The average Bonchev–Trinajstić information content (AvgIpc) is 3.04. The van der Waals surface area contributed by atoms with E-state index in [2.05, 4.69) is 55.0 Å². The summed E-state index contributed by atoms with van der Waals surface area (Å²) in [7, 11) is 0. The van der Waals surface area contributed by atoms with Crippen molar-refractivity contribution >= 4 is 39.2 Å². The van der Waals surface area contributed by atoms with Crippen LogP contribution in [0.25, 0.3) is 5.70 Å². The quantitative estimate of drug-likeness (QED) is 0.717. The highest BCUT2D eigenvalue weighted by atomic mass is 79.9. The highest BCUT2D eigenvalue weighted by molar-refractivity contribution is 9.10. The van der Waals surface area contributed by atoms with Gasteiger partial charge in [-0.1, -0.05) is 56.9 Å². The Balaban J connectivity index is 1.79. The summed E-state index contributed by atoms with van der Waals surface area (Å²) in [6, 6.07) is 15.7. The minimum Gasteiger partial charge on any atom is -0.323 e. The maximum atomic E-state index is 5.97. The number of tetrazole rings is 1. The molecule has 0 unspecified atom stereocenters. The van der Waals surface area contributed by atoms with Gasteiger partial charge >= 0.3 is 0 Å². The van der Waals surface area contributed by atoms with Crippen molar-refractivity contribution in [1.29, 1.82) is 0 Å². The molecule has 0 amide bonds. The molecule has 0 saturated heterocycles. The van der Waals surface area contributed by atoms with Crippen LogP contribution >= 0.6 is 27.5 Å². The van der Waals surface area contributed by atoms with Crippen molar-refractivity contribution in [3.8, 4) is 0 Å². The number of allylic oxidation sites excluding steroid dienone is 1. The van der Waals surface area contributed by atoms with Crippen molar-refractivity contribution in [3.63, 3.8) is 0 Å². The molecule has 0 radical (unpaired) electrons. The molecule has 5 nitrogen and oxygen atoms in total. The van der Waals surface area contributed by atoms with E-state index < -0.39 is 0 Å². The smallest absolute Gasteiger partial charge is 0.248 e. The van der Waals surface area contributed by atoms with Gasteiger partial charge in [-0.2, -0.15) is 4.68 Å². The van der Waals surface area contributed by atoms with Crippen molar-refractivity contribution in [2.75, 3.05) is 5.32 Å². The SMILES string of the molecule is Clc1ccc(C2=C[C@@H](c3ccc(Br)cc3)n3nnnc3N2)cc1. The van der Waals surface area contributed by atoms with Gasteiger partial charge in [0.15, 0.2) is 0 Å². The highest BCUT2D eigenvalue weighted by Crippen LogP contribution is 2.32. The first-order valence-corrected chi connectivity index (χ1v) is 8.16. The molecule has 0 bridgehead atoms. The summed E-state index contributed by atoms with van der Waals surface area (Å²) in [5, 5.41) is 15.9. The van der Waals surface area contributed by atoms with Crippen LogP contribution in [0.5, 0.6) is 0 Å². The number of nitrogens with zero attached hydrogens (tertiary/aromatic N) is 4. The molecule has 1 aliphatic heterocycles. The van der Waals surface area contributed by atoms with Gasteiger partial charge < -0.3 is 5.32 Å². The molecule has 114 valence electrons. The zero-order valence-corrected chi connectivity index (χ0v) is 14.2. The van der Waals surface area contributed by atoms with E-state index in [-0.39, 0.29) is 6.04 Å². The number of rotatable bonds is 2. The van der Waals surface area contributed by atoms with Gasteiger partial charge in [-0.15, -0.1) is 0 Å². The minimum absolute atomic E-state index is 0.0694. The second kappa shape index (κ2) is 5.79. The van der Waals surface area contributed by atoms with Crippen LogP contribution in [0, 0.1) is 0 Å². The van der Waals surface area contributed by atoms with Crippen LogP contribution in [0.3, 0.4) is 0 Å². The van der Waals surface area contributed by atoms with E-state index in [1.165, 1.54) is 0 Å². The van der Waals surface area contributed by atoms with Gasteiger partial charge in [0.1, 0.15) is 6.04 Å². The van der Waals surface area contributed by atoms with E-state index in [0.29, 0.717) is 11.0 Å². The van der Waals surface area contributed by atoms with Crippen molar-refractivity contribution < 1.29 is 0 Å². The third kappa shape index (κ3) is 2.75. The lowest BCUT2D eigenvalue weighted by Gasteiger charge is -2.23. The van der Waals surface area contributed by atoms with E-state index in [1.807, 2.05) is 36.4 Å². The Bertz CT molecular complexity index is 870. The van der Waals surface area contributed by atoms with Crippen molar-refractivity contribution in [3.05, 3.63) is 75.2 Å². The first-order valence-electron chi connectivity index (χ1n) is 6.99. The molecule has 0 spiro atoms. The Hall–Kier alpha value is -2.18. The molecule has 1 aliphatic rings. The van der Waals surface area contributed by atoms with E-state index in [0.717, 1.165) is 21.3 Å². The minimum atomic E-state index is -0.0694. The Morgan fingerprint density at radius 1 is 1.04 bits per heavy atom. The van der Waals surface area contributed by atoms with Crippen LogP contribution < -0.4 is 5.32 Å². The molecule has 0 aliphatic carbocycles. The number of hydrogen-bond acceptors (Lipinski definition) is 4. The summed E-state index contributed by atoms with van der Waals surface area (Å²) in [5.74, 6) is 0.616. The topological polar surface area (TPSA) is 55.6 Å². The molecule has 7 heteroatoms. The summed E-state index contributed by atoms with van der Waals surface area (Å²) in [6.45, 7) is 0. The number of halogens is 2. The number of hydrogen-bond donors (Lipinski definition) is 1. The average molecular weight is 389 g/mol. The van der Waals surface area contributed by atoms with Gasteiger partial charge in [0, 0.05) is 15.2 Å². The Morgan fingerprint density at radius 3 is 2.52 bits per heavy atom. The van der Waals surface area contributed by atoms with Crippen LogP contribution in [-0.2, 0) is 0 Å². The molecule has 2 heterocycles. The standard InChI is InChI=1S/C16H11BrClN5/c17-12-5-1-11(2-6-12)15-9-14(10-3-7-13(18)8-4-10)19-16-20-21-22-23(15)16/h1-9,15H,(H,19,20,22)/t15-/m0/s1. The van der Waals surface area contributed by atoms with Gasteiger partial charge in [-0.05, 0) is 51.9 Å². The molecule has 23 heavy (non-hydrogen) atoms. The largest absolute Gasteiger partial charge is 0.323 e. The fourth-order valence-corrected chi connectivity index (χ4v) is 2.94. The van der Waals surface area contributed by atoms with E-state index in [9.17, 15) is 0 Å². The van der Waals surface area contributed by atoms with Gasteiger partial charge in [0.2, 0.25) is 5.95 Å². The van der Waals surface area contributed by atoms with Gasteiger partial charge in [-0.25, -0.2) is 0 Å². The zero-order valence-electron chi connectivity index (χ0n) is 11.8. The molecule has 3 aromatic rings. The zero-order chi connectivity index (χ0) is 15.8. The Labute approximate surface area is 146 Å². The van der Waals surface area contributed by atoms with Gasteiger partial charge in [0.25, 0.3) is 0 Å².